The molecule has 1 saturated heterocycles. The van der Waals surface area contributed by atoms with Gasteiger partial charge in [0, 0.05) is 63.1 Å². The van der Waals surface area contributed by atoms with Crippen molar-refractivity contribution in [3.05, 3.63) is 36.4 Å². The highest BCUT2D eigenvalue weighted by molar-refractivity contribution is 7.18. The quantitative estimate of drug-likeness (QED) is 0.553. The molecule has 5 rings (SSSR count). The van der Waals surface area contributed by atoms with E-state index < -0.39 is 0 Å². The van der Waals surface area contributed by atoms with E-state index in [4.69, 9.17) is 4.74 Å². The second-order valence-electron chi connectivity index (χ2n) is 8.18. The van der Waals surface area contributed by atoms with Gasteiger partial charge in [0.2, 0.25) is 5.95 Å². The van der Waals surface area contributed by atoms with Crippen LogP contribution in [0.15, 0.2) is 30.9 Å². The minimum Gasteiger partial charge on any atom is -0.460 e. The molecule has 1 aliphatic heterocycles. The Labute approximate surface area is 191 Å². The number of piperazine rings is 1. The summed E-state index contributed by atoms with van der Waals surface area (Å²) in [5.41, 5.74) is 1.93. The summed E-state index contributed by atoms with van der Waals surface area (Å²) in [6.07, 6.45) is 10.9. The van der Waals surface area contributed by atoms with Gasteiger partial charge in [-0.2, -0.15) is 4.98 Å². The Morgan fingerprint density at radius 1 is 1.03 bits per heavy atom. The highest BCUT2D eigenvalue weighted by Crippen LogP contribution is 2.30. The summed E-state index contributed by atoms with van der Waals surface area (Å²) in [4.78, 5) is 28.0. The minimum absolute atomic E-state index is 0.255. The van der Waals surface area contributed by atoms with Crippen LogP contribution in [0.4, 0.5) is 11.1 Å². The summed E-state index contributed by atoms with van der Waals surface area (Å²) >= 11 is 1.50. The maximum atomic E-state index is 5.81. The second-order valence-corrected chi connectivity index (χ2v) is 9.21. The molecular formula is C22H28N8OS. The van der Waals surface area contributed by atoms with E-state index in [0.717, 1.165) is 73.4 Å². The van der Waals surface area contributed by atoms with Crippen LogP contribution in [0.5, 0.6) is 6.01 Å². The van der Waals surface area contributed by atoms with Crippen LogP contribution in [0.25, 0.3) is 10.6 Å². The maximum absolute atomic E-state index is 5.81. The molecule has 9 nitrogen and oxygen atoms in total. The van der Waals surface area contributed by atoms with Crippen LogP contribution in [0.2, 0.25) is 0 Å². The molecule has 1 saturated carbocycles. The summed E-state index contributed by atoms with van der Waals surface area (Å²) in [5.74, 6) is 0.544. The number of rotatable bonds is 8. The predicted molar refractivity (Wildman–Crippen MR) is 124 cm³/mol. The van der Waals surface area contributed by atoms with Crippen molar-refractivity contribution in [2.75, 3.05) is 38.0 Å². The zero-order chi connectivity index (χ0) is 21.8. The molecule has 0 radical (unpaired) electrons. The molecule has 0 spiro atoms. The summed E-state index contributed by atoms with van der Waals surface area (Å²) < 4.78 is 5.81. The van der Waals surface area contributed by atoms with E-state index in [0.29, 0.717) is 12.0 Å². The Morgan fingerprint density at radius 2 is 1.81 bits per heavy atom. The first-order valence-electron chi connectivity index (χ1n) is 11.2. The van der Waals surface area contributed by atoms with Crippen LogP contribution in [0, 0.1) is 0 Å². The van der Waals surface area contributed by atoms with Crippen molar-refractivity contribution in [2.45, 2.75) is 38.8 Å². The molecule has 10 heteroatoms. The highest BCUT2D eigenvalue weighted by Gasteiger charge is 2.20. The number of ether oxygens (including phenoxy) is 1. The van der Waals surface area contributed by atoms with Crippen molar-refractivity contribution >= 4 is 22.4 Å². The van der Waals surface area contributed by atoms with Crippen molar-refractivity contribution in [2.24, 2.45) is 0 Å². The van der Waals surface area contributed by atoms with Gasteiger partial charge in [-0.1, -0.05) is 18.3 Å². The molecule has 168 valence electrons. The normalized spacial score (nSPS) is 17.8. The zero-order valence-electron chi connectivity index (χ0n) is 18.3. The summed E-state index contributed by atoms with van der Waals surface area (Å²) in [5, 5.41) is 3.92. The Kier molecular flexibility index (Phi) is 6.51. The Balaban J connectivity index is 1.17. The fourth-order valence-electron chi connectivity index (χ4n) is 3.74. The molecule has 0 bridgehead atoms. The van der Waals surface area contributed by atoms with Crippen LogP contribution >= 0.6 is 11.3 Å². The van der Waals surface area contributed by atoms with Gasteiger partial charge in [-0.3, -0.25) is 4.90 Å². The number of hydrogen-bond acceptors (Lipinski definition) is 10. The molecule has 2 aliphatic rings. The van der Waals surface area contributed by atoms with E-state index in [9.17, 15) is 0 Å². The topological polar surface area (TPSA) is 92.2 Å². The van der Waals surface area contributed by atoms with E-state index >= 15 is 0 Å². The average molecular weight is 453 g/mol. The van der Waals surface area contributed by atoms with Gasteiger partial charge >= 0.3 is 6.01 Å². The van der Waals surface area contributed by atoms with Crippen LogP contribution in [-0.2, 0) is 6.54 Å². The lowest BCUT2D eigenvalue weighted by Gasteiger charge is -2.33. The lowest BCUT2D eigenvalue weighted by molar-refractivity contribution is 0.108. The third-order valence-corrected chi connectivity index (χ3v) is 6.89. The molecule has 3 aromatic rings. The molecular weight excluding hydrogens is 424 g/mol. The van der Waals surface area contributed by atoms with E-state index in [1.807, 2.05) is 18.5 Å². The lowest BCUT2D eigenvalue weighted by Crippen LogP contribution is -2.45. The average Bonchev–Trinajstić information content (AvgIpc) is 3.27. The number of nitrogens with one attached hydrogen (secondary N) is 1. The smallest absolute Gasteiger partial charge is 0.317 e. The fraction of sp³-hybridized carbons (Fsp3) is 0.500. The molecule has 2 fully saturated rings. The van der Waals surface area contributed by atoms with E-state index in [1.165, 1.54) is 17.8 Å². The molecule has 0 amide bonds. The van der Waals surface area contributed by atoms with Gasteiger partial charge in [0.05, 0.1) is 10.6 Å². The van der Waals surface area contributed by atoms with Crippen molar-refractivity contribution in [3.63, 3.8) is 0 Å². The van der Waals surface area contributed by atoms with Crippen LogP contribution in [-0.4, -0.2) is 73.5 Å². The molecule has 0 unspecified atom stereocenters. The molecule has 32 heavy (non-hydrogen) atoms. The first-order chi connectivity index (χ1) is 15.7. The van der Waals surface area contributed by atoms with Crippen molar-refractivity contribution in [1.29, 1.82) is 0 Å². The van der Waals surface area contributed by atoms with Crippen molar-refractivity contribution < 1.29 is 4.74 Å². The van der Waals surface area contributed by atoms with Gasteiger partial charge in [0.1, 0.15) is 6.10 Å². The fourth-order valence-corrected chi connectivity index (χ4v) is 4.52. The van der Waals surface area contributed by atoms with E-state index in [-0.39, 0.29) is 6.10 Å². The van der Waals surface area contributed by atoms with E-state index in [1.54, 1.807) is 12.4 Å². The molecule has 3 aromatic heterocycles. The number of nitrogens with zero attached hydrogens (tertiary/aromatic N) is 7. The first kappa shape index (κ1) is 21.2. The number of thiazole rings is 1. The maximum Gasteiger partial charge on any atom is 0.317 e. The summed E-state index contributed by atoms with van der Waals surface area (Å²) in [7, 11) is 0. The van der Waals surface area contributed by atoms with Gasteiger partial charge < -0.3 is 15.0 Å². The SMILES string of the molecule is CCN1CCN(Cc2cnc(Nc3ncc(-c4ccnc(OC5CCC5)n4)s3)nc2)CC1. The lowest BCUT2D eigenvalue weighted by atomic mass is 9.96. The number of likely N-dealkylation sites (N-methyl/N-ethyl adjacent to an activating group) is 1. The molecule has 1 N–H and O–H groups in total. The van der Waals surface area contributed by atoms with Gasteiger partial charge in [0.15, 0.2) is 5.13 Å². The van der Waals surface area contributed by atoms with Gasteiger partial charge in [-0.05, 0) is 31.9 Å². The van der Waals surface area contributed by atoms with Gasteiger partial charge in [-0.25, -0.2) is 19.9 Å². The van der Waals surface area contributed by atoms with Gasteiger partial charge in [0.25, 0.3) is 0 Å². The number of aromatic nitrogens is 5. The Morgan fingerprint density at radius 3 is 2.53 bits per heavy atom. The number of hydrogen-bond donors (Lipinski definition) is 1. The first-order valence-corrected chi connectivity index (χ1v) is 12.1. The van der Waals surface area contributed by atoms with Crippen molar-refractivity contribution in [1.82, 2.24) is 34.7 Å². The Hall–Kier alpha value is -2.69. The second kappa shape index (κ2) is 9.85. The predicted octanol–water partition coefficient (Wildman–Crippen LogP) is 3.20. The largest absolute Gasteiger partial charge is 0.460 e. The molecule has 0 aromatic carbocycles. The summed E-state index contributed by atoms with van der Waals surface area (Å²) in [6.45, 7) is 8.67. The van der Waals surface area contributed by atoms with Crippen LogP contribution in [0.1, 0.15) is 31.7 Å². The number of anilines is 2. The zero-order valence-corrected chi connectivity index (χ0v) is 19.1. The van der Waals surface area contributed by atoms with Crippen LogP contribution in [0.3, 0.4) is 0 Å². The standard InChI is InChI=1S/C22H28N8OS/c1-2-29-8-10-30(11-9-29)15-16-12-24-20(25-13-16)28-22-26-14-19(32-22)18-6-7-23-21(27-18)31-17-4-3-5-17/h6-7,12-14,17H,2-5,8-11,15H2,1H3,(H,24,25,26,28). The molecule has 4 heterocycles. The third-order valence-electron chi connectivity index (χ3n) is 5.96. The van der Waals surface area contributed by atoms with E-state index in [2.05, 4.69) is 47.0 Å². The van der Waals surface area contributed by atoms with Gasteiger partial charge in [-0.15, -0.1) is 0 Å². The van der Waals surface area contributed by atoms with Crippen molar-refractivity contribution in [3.8, 4) is 16.6 Å². The third kappa shape index (κ3) is 5.20. The molecule has 0 atom stereocenters. The summed E-state index contributed by atoms with van der Waals surface area (Å²) in [6, 6.07) is 2.31. The Bertz CT molecular complexity index is 1010. The molecule has 1 aliphatic carbocycles. The monoisotopic (exact) mass is 452 g/mol. The van der Waals surface area contributed by atoms with Crippen LogP contribution < -0.4 is 10.1 Å². The highest BCUT2D eigenvalue weighted by atomic mass is 32.1. The minimum atomic E-state index is 0.255.